The number of benzene rings is 2. The first-order valence-corrected chi connectivity index (χ1v) is 18.9. The highest BCUT2D eigenvalue weighted by atomic mass is 31.2. The van der Waals surface area contributed by atoms with Gasteiger partial charge < -0.3 is 24.5 Å². The average molecular weight is 797 g/mol. The van der Waals surface area contributed by atoms with E-state index in [2.05, 4.69) is 4.98 Å². The second-order valence-corrected chi connectivity index (χ2v) is 14.7. The lowest BCUT2D eigenvalue weighted by Crippen LogP contribution is -2.44. The number of nitrogen functional groups attached to an aromatic ring is 1. The van der Waals surface area contributed by atoms with E-state index in [1.807, 2.05) is 38.4 Å². The number of nitrogens with two attached hydrogens (primary N) is 1. The molecule has 1 fully saturated rings. The maximum atomic E-state index is 13.3. The molecule has 2 aromatic carbocycles. The summed E-state index contributed by atoms with van der Waals surface area (Å²) in [6.45, 7) is 9.90. The van der Waals surface area contributed by atoms with E-state index in [4.69, 9.17) is 39.3 Å². The zero-order chi connectivity index (χ0) is 41.1. The second-order valence-electron chi connectivity index (χ2n) is 13.4. The molecule has 6 atom stereocenters. The van der Waals surface area contributed by atoms with Crippen LogP contribution in [0, 0.1) is 21.4 Å². The summed E-state index contributed by atoms with van der Waals surface area (Å²) in [4.78, 5) is 72.8. The number of carbonyl (C=O) groups is 3. The number of nitriles is 1. The first-order chi connectivity index (χ1) is 26.6. The first kappa shape index (κ1) is 43.6. The quantitative estimate of drug-likeness (QED) is 0.0289. The largest absolute Gasteiger partial charge is 0.509 e. The van der Waals surface area contributed by atoms with Crippen molar-refractivity contribution >= 4 is 37.8 Å². The van der Waals surface area contributed by atoms with Crippen molar-refractivity contribution in [3.8, 4) is 6.07 Å². The van der Waals surface area contributed by atoms with Crippen LogP contribution in [0.1, 0.15) is 88.0 Å². The Morgan fingerprint density at radius 3 is 2.41 bits per heavy atom. The number of Topliss-reactive ketones (excluding diaryl/α,β-unsaturated/α-hetero) is 1. The number of nitrogens with zero attached hydrogens (tertiary/aromatic N) is 5. The zero-order valence-corrected chi connectivity index (χ0v) is 32.7. The van der Waals surface area contributed by atoms with Crippen molar-refractivity contribution in [1.82, 2.24) is 14.2 Å². The van der Waals surface area contributed by atoms with E-state index in [1.165, 1.54) is 37.4 Å². The van der Waals surface area contributed by atoms with Gasteiger partial charge in [0.1, 0.15) is 30.9 Å². The number of ether oxygens (including phenoxy) is 3. The Labute approximate surface area is 324 Å². The Balaban J connectivity index is 1.58. The first-order valence-electron chi connectivity index (χ1n) is 17.8. The molecule has 2 heterocycles. The van der Waals surface area contributed by atoms with Crippen LogP contribution in [-0.2, 0) is 33.1 Å². The van der Waals surface area contributed by atoms with E-state index in [1.54, 1.807) is 37.3 Å². The van der Waals surface area contributed by atoms with Crippen molar-refractivity contribution in [2.45, 2.75) is 96.9 Å². The summed E-state index contributed by atoms with van der Waals surface area (Å²) in [5.74, 6) is -1.82. The normalized spacial score (nSPS) is 18.3. The SMILES string of the molecule is CC(=O)C(OC(=O)OCC(C)c1cc(C(=O)c2ccccc2)ccc1[N+](=O)[O-])[C@H]1O[C@@H](n2ccc(N)nc2=O)C[C@@H]1OP(OOCCC#N)N(C(C)C)C(C)C. The van der Waals surface area contributed by atoms with Crippen LogP contribution < -0.4 is 11.4 Å². The topological polar surface area (TPSA) is 238 Å². The number of carbonyl (C=O) groups excluding carboxylic acids is 3. The molecular weight excluding hydrogens is 751 g/mol. The highest BCUT2D eigenvalue weighted by Gasteiger charge is 2.48. The summed E-state index contributed by atoms with van der Waals surface area (Å²) in [7, 11) is -2.06. The highest BCUT2D eigenvalue weighted by molar-refractivity contribution is 7.44. The summed E-state index contributed by atoms with van der Waals surface area (Å²) in [6.07, 6.45) is -4.97. The van der Waals surface area contributed by atoms with Crippen LogP contribution in [-0.4, -0.2) is 80.5 Å². The molecule has 2 N–H and O–H groups in total. The number of hydrogen-bond acceptors (Lipinski definition) is 16. The van der Waals surface area contributed by atoms with Crippen LogP contribution in [0.3, 0.4) is 0 Å². The fourth-order valence-corrected chi connectivity index (χ4v) is 7.61. The monoisotopic (exact) mass is 796 g/mol. The predicted molar refractivity (Wildman–Crippen MR) is 201 cm³/mol. The lowest BCUT2D eigenvalue weighted by atomic mass is 9.94. The van der Waals surface area contributed by atoms with Gasteiger partial charge in [-0.1, -0.05) is 37.3 Å². The Morgan fingerprint density at radius 1 is 1.11 bits per heavy atom. The summed E-state index contributed by atoms with van der Waals surface area (Å²) < 4.78 is 32.3. The molecule has 0 bridgehead atoms. The molecule has 3 aromatic rings. The van der Waals surface area contributed by atoms with Gasteiger partial charge in [0.2, 0.25) is 0 Å². The van der Waals surface area contributed by atoms with Crippen LogP contribution in [0.25, 0.3) is 0 Å². The van der Waals surface area contributed by atoms with E-state index in [-0.39, 0.29) is 59.9 Å². The molecule has 0 saturated carbocycles. The van der Waals surface area contributed by atoms with Crippen molar-refractivity contribution in [2.75, 3.05) is 18.9 Å². The maximum absolute atomic E-state index is 13.3. The van der Waals surface area contributed by atoms with Crippen molar-refractivity contribution in [1.29, 1.82) is 5.26 Å². The van der Waals surface area contributed by atoms with Gasteiger partial charge in [0.15, 0.2) is 17.7 Å². The third-order valence-corrected chi connectivity index (χ3v) is 10.6. The van der Waals surface area contributed by atoms with Gasteiger partial charge in [0, 0.05) is 53.4 Å². The molecule has 0 spiro atoms. The van der Waals surface area contributed by atoms with E-state index < -0.39 is 68.1 Å². The van der Waals surface area contributed by atoms with Crippen LogP contribution in [0.15, 0.2) is 65.6 Å². The Morgan fingerprint density at radius 2 is 1.80 bits per heavy atom. The van der Waals surface area contributed by atoms with Crippen LogP contribution in [0.2, 0.25) is 0 Å². The second kappa shape index (κ2) is 20.1. The van der Waals surface area contributed by atoms with Gasteiger partial charge >= 0.3 is 11.8 Å². The Bertz CT molecular complexity index is 1950. The fourth-order valence-electron chi connectivity index (χ4n) is 6.04. The minimum atomic E-state index is -2.06. The third kappa shape index (κ3) is 11.2. The fraction of sp³-hybridized carbons (Fsp3) is 0.459. The molecule has 19 heteroatoms. The van der Waals surface area contributed by atoms with E-state index in [0.29, 0.717) is 5.56 Å². The van der Waals surface area contributed by atoms with Gasteiger partial charge in [0.05, 0.1) is 24.0 Å². The summed E-state index contributed by atoms with van der Waals surface area (Å²) >= 11 is 0. The molecule has 3 unspecified atom stereocenters. The molecule has 1 aromatic heterocycles. The van der Waals surface area contributed by atoms with Crippen molar-refractivity contribution < 1.29 is 47.6 Å². The molecule has 300 valence electrons. The van der Waals surface area contributed by atoms with Gasteiger partial charge in [-0.05, 0) is 52.8 Å². The Kier molecular flexibility index (Phi) is 15.7. The van der Waals surface area contributed by atoms with E-state index in [0.717, 1.165) is 4.57 Å². The van der Waals surface area contributed by atoms with E-state index >= 15 is 0 Å². The number of anilines is 1. The smallest absolute Gasteiger partial charge is 0.434 e. The van der Waals surface area contributed by atoms with Gasteiger partial charge in [-0.3, -0.25) is 24.3 Å². The highest BCUT2D eigenvalue weighted by Crippen LogP contribution is 2.50. The van der Waals surface area contributed by atoms with Gasteiger partial charge in [-0.2, -0.15) is 14.9 Å². The number of ketones is 2. The predicted octanol–water partition coefficient (Wildman–Crippen LogP) is 5.76. The molecule has 0 amide bonds. The number of rotatable bonds is 19. The lowest BCUT2D eigenvalue weighted by molar-refractivity contribution is -0.385. The molecule has 0 radical (unpaired) electrons. The molecule has 4 rings (SSSR count). The standard InChI is InChI=1S/C37H45N6O12P/c1-22(2)42(23(3)4)56(55-51-18-10-16-38)54-30-20-32(41-17-15-31(39)40-36(41)46)52-35(30)34(25(6)44)53-37(47)50-21-24(5)28-19-27(13-14-29(28)43(48)49)33(45)26-11-8-7-9-12-26/h7-9,11-15,17,19,22-24,30,32,34-35H,10,18,20-21H2,1-6H3,(H2,39,40,46)/t24?,30-,32+,34?,35-,56?/m0/s1. The number of nitro groups is 1. The molecule has 18 nitrogen and oxygen atoms in total. The molecule has 0 aliphatic carbocycles. The molecule has 56 heavy (non-hydrogen) atoms. The number of nitro benzene ring substituents is 1. The minimum absolute atomic E-state index is 0.0219. The van der Waals surface area contributed by atoms with Crippen LogP contribution in [0.5, 0.6) is 0 Å². The molecule has 1 aliphatic rings. The van der Waals surface area contributed by atoms with Gasteiger partial charge in [-0.15, -0.1) is 0 Å². The van der Waals surface area contributed by atoms with Gasteiger partial charge in [-0.25, -0.2) is 19.1 Å². The third-order valence-electron chi connectivity index (χ3n) is 8.59. The van der Waals surface area contributed by atoms with Crippen molar-refractivity contribution in [3.63, 3.8) is 0 Å². The van der Waals surface area contributed by atoms with Gasteiger partial charge in [0.25, 0.3) is 14.2 Å². The summed E-state index contributed by atoms with van der Waals surface area (Å²) in [5.41, 5.74) is 5.39. The average Bonchev–Trinajstić information content (AvgIpc) is 3.56. The van der Waals surface area contributed by atoms with Crippen LogP contribution in [0.4, 0.5) is 16.3 Å². The number of hydrogen-bond donors (Lipinski definition) is 1. The maximum Gasteiger partial charge on any atom is 0.509 e. The Hall–Kier alpha value is -5.15. The van der Waals surface area contributed by atoms with Crippen molar-refractivity contribution in [3.05, 3.63) is 98.1 Å². The van der Waals surface area contributed by atoms with Crippen LogP contribution >= 0.6 is 8.53 Å². The summed E-state index contributed by atoms with van der Waals surface area (Å²) in [6, 6.07) is 15.4. The molecular formula is C37H45N6O12P. The van der Waals surface area contributed by atoms with Crippen molar-refractivity contribution in [2.24, 2.45) is 0 Å². The minimum Gasteiger partial charge on any atom is -0.434 e. The number of aromatic nitrogens is 2. The van der Waals surface area contributed by atoms with E-state index in [9.17, 15) is 29.3 Å². The zero-order valence-electron chi connectivity index (χ0n) is 31.8. The lowest BCUT2D eigenvalue weighted by Gasteiger charge is -2.36. The molecule has 1 aliphatic heterocycles. The summed E-state index contributed by atoms with van der Waals surface area (Å²) in [5, 5.41) is 20.9. The molecule has 1 saturated heterocycles.